The van der Waals surface area contributed by atoms with Crippen LogP contribution in [-0.2, 0) is 9.53 Å². The van der Waals surface area contributed by atoms with Gasteiger partial charge < -0.3 is 25.0 Å². The minimum absolute atomic E-state index is 0.0782. The molecule has 0 bridgehead atoms. The number of nitrogens with zero attached hydrogens (tertiary/aromatic N) is 1. The molecule has 0 unspecified atom stereocenters. The van der Waals surface area contributed by atoms with Gasteiger partial charge in [0.15, 0.2) is 0 Å². The molecule has 2 fully saturated rings. The van der Waals surface area contributed by atoms with Gasteiger partial charge in [0, 0.05) is 30.6 Å². The Labute approximate surface area is 198 Å². The van der Waals surface area contributed by atoms with Crippen LogP contribution < -0.4 is 10.1 Å². The SMILES string of the molecule is CC1(C)Oc2cc(O)ccc2[C@@H]2O[C@@H]3CCN(CC(=O)Nc4ccccc4C(=O)O)C[C@H]3C[C@H]21. The summed E-state index contributed by atoms with van der Waals surface area (Å²) in [6, 6.07) is 11.7. The monoisotopic (exact) mass is 466 g/mol. The molecule has 180 valence electrons. The summed E-state index contributed by atoms with van der Waals surface area (Å²) in [6.45, 7) is 5.80. The summed E-state index contributed by atoms with van der Waals surface area (Å²) in [7, 11) is 0. The van der Waals surface area contributed by atoms with Crippen molar-refractivity contribution in [2.45, 2.75) is 44.5 Å². The molecule has 2 aromatic carbocycles. The molecule has 34 heavy (non-hydrogen) atoms. The fourth-order valence-corrected chi connectivity index (χ4v) is 5.68. The molecule has 1 amide bonds. The average molecular weight is 467 g/mol. The van der Waals surface area contributed by atoms with E-state index in [-0.39, 0.29) is 47.8 Å². The highest BCUT2D eigenvalue weighted by Crippen LogP contribution is 2.53. The summed E-state index contributed by atoms with van der Waals surface area (Å²) in [5.41, 5.74) is 0.926. The number of carbonyl (C=O) groups is 2. The minimum Gasteiger partial charge on any atom is -0.508 e. The molecule has 3 heterocycles. The third-order valence-electron chi connectivity index (χ3n) is 7.36. The number of phenolic OH excluding ortho intramolecular Hbond substituents is 1. The lowest BCUT2D eigenvalue weighted by atomic mass is 9.70. The first-order chi connectivity index (χ1) is 16.2. The van der Waals surface area contributed by atoms with Gasteiger partial charge >= 0.3 is 5.97 Å². The number of carboxylic acids is 1. The van der Waals surface area contributed by atoms with Crippen LogP contribution in [0.15, 0.2) is 42.5 Å². The average Bonchev–Trinajstić information content (AvgIpc) is 2.78. The van der Waals surface area contributed by atoms with Crippen LogP contribution in [0, 0.1) is 11.8 Å². The van der Waals surface area contributed by atoms with Crippen LogP contribution >= 0.6 is 0 Å². The number of aromatic hydroxyl groups is 1. The molecule has 8 heteroatoms. The van der Waals surface area contributed by atoms with Crippen LogP contribution in [0.3, 0.4) is 0 Å². The number of ether oxygens (including phenoxy) is 2. The summed E-state index contributed by atoms with van der Waals surface area (Å²) in [5, 5.41) is 22.0. The maximum Gasteiger partial charge on any atom is 0.337 e. The van der Waals surface area contributed by atoms with Crippen LogP contribution in [0.4, 0.5) is 5.69 Å². The van der Waals surface area contributed by atoms with E-state index in [9.17, 15) is 19.8 Å². The molecule has 0 radical (unpaired) electrons. The number of fused-ring (bicyclic) bond motifs is 4. The fraction of sp³-hybridized carbons (Fsp3) is 0.462. The lowest BCUT2D eigenvalue weighted by Gasteiger charge is -2.53. The van der Waals surface area contributed by atoms with Crippen LogP contribution in [0.25, 0.3) is 0 Å². The molecular formula is C26H30N2O6. The van der Waals surface area contributed by atoms with Crippen LogP contribution in [0.1, 0.15) is 48.7 Å². The Balaban J connectivity index is 1.26. The molecular weight excluding hydrogens is 436 g/mol. The second-order valence-electron chi connectivity index (χ2n) is 10.0. The minimum atomic E-state index is -1.07. The van der Waals surface area contributed by atoms with Crippen molar-refractivity contribution in [1.82, 2.24) is 4.90 Å². The van der Waals surface area contributed by atoms with E-state index in [4.69, 9.17) is 9.47 Å². The van der Waals surface area contributed by atoms with E-state index in [1.807, 2.05) is 6.07 Å². The molecule has 3 aliphatic heterocycles. The van der Waals surface area contributed by atoms with Gasteiger partial charge in [0.2, 0.25) is 5.91 Å². The molecule has 2 aromatic rings. The predicted octanol–water partition coefficient (Wildman–Crippen LogP) is 3.67. The van der Waals surface area contributed by atoms with Gasteiger partial charge in [0.25, 0.3) is 0 Å². The first kappa shape index (κ1) is 22.7. The summed E-state index contributed by atoms with van der Waals surface area (Å²) < 4.78 is 12.9. The van der Waals surface area contributed by atoms with E-state index in [0.29, 0.717) is 11.4 Å². The number of phenols is 1. The summed E-state index contributed by atoms with van der Waals surface area (Å²) in [6.07, 6.45) is 1.76. The van der Waals surface area contributed by atoms with Gasteiger partial charge in [-0.25, -0.2) is 4.79 Å². The maximum absolute atomic E-state index is 12.7. The largest absolute Gasteiger partial charge is 0.508 e. The van der Waals surface area contributed by atoms with Crippen LogP contribution in [0.2, 0.25) is 0 Å². The van der Waals surface area contributed by atoms with E-state index < -0.39 is 11.6 Å². The topological polar surface area (TPSA) is 108 Å². The Morgan fingerprint density at radius 2 is 2.00 bits per heavy atom. The molecule has 3 N–H and O–H groups in total. The molecule has 0 aliphatic carbocycles. The Morgan fingerprint density at radius 1 is 1.21 bits per heavy atom. The number of anilines is 1. The van der Waals surface area contributed by atoms with Crippen molar-refractivity contribution in [1.29, 1.82) is 0 Å². The number of carboxylic acid groups (broad SMARTS) is 1. The van der Waals surface area contributed by atoms with E-state index in [1.165, 1.54) is 6.07 Å². The Hall–Kier alpha value is -3.10. The standard InChI is InChI=1S/C26H30N2O6/c1-26(2)19-11-15-13-28(14-23(30)27-20-6-4-3-5-17(20)25(31)32)10-9-21(15)33-24(19)18-8-7-16(29)12-22(18)34-26/h3-8,12,15,19,21,24,29H,9-11,13-14H2,1-2H3,(H,27,30)(H,31,32)/t15-,19-,21-,24+/m1/s1. The highest BCUT2D eigenvalue weighted by Gasteiger charge is 2.51. The summed E-state index contributed by atoms with van der Waals surface area (Å²) >= 11 is 0. The second-order valence-corrected chi connectivity index (χ2v) is 10.0. The molecule has 0 saturated carbocycles. The van der Waals surface area contributed by atoms with Crippen molar-refractivity contribution in [2.75, 3.05) is 25.0 Å². The number of benzene rings is 2. The highest BCUT2D eigenvalue weighted by molar-refractivity contribution is 6.01. The normalized spacial score (nSPS) is 27.5. The lowest BCUT2D eigenvalue weighted by Crippen LogP contribution is -2.55. The lowest BCUT2D eigenvalue weighted by molar-refractivity contribution is -0.187. The van der Waals surface area contributed by atoms with Gasteiger partial charge in [0.1, 0.15) is 17.1 Å². The van der Waals surface area contributed by atoms with Crippen molar-refractivity contribution in [2.24, 2.45) is 11.8 Å². The zero-order valence-electron chi connectivity index (χ0n) is 19.4. The number of amides is 1. The molecule has 0 aromatic heterocycles. The number of para-hydroxylation sites is 1. The third kappa shape index (κ3) is 4.23. The Bertz CT molecular complexity index is 1120. The number of carbonyl (C=O) groups excluding carboxylic acids is 1. The molecule has 8 nitrogen and oxygen atoms in total. The van der Waals surface area contributed by atoms with E-state index >= 15 is 0 Å². The van der Waals surface area contributed by atoms with E-state index in [1.54, 1.807) is 30.3 Å². The molecule has 2 saturated heterocycles. The van der Waals surface area contributed by atoms with Gasteiger partial charge in [-0.05, 0) is 56.9 Å². The van der Waals surface area contributed by atoms with Gasteiger partial charge in [-0.2, -0.15) is 0 Å². The van der Waals surface area contributed by atoms with Crippen LogP contribution in [0.5, 0.6) is 11.5 Å². The number of piperidine rings is 1. The van der Waals surface area contributed by atoms with Gasteiger partial charge in [-0.15, -0.1) is 0 Å². The van der Waals surface area contributed by atoms with Gasteiger partial charge in [-0.3, -0.25) is 9.69 Å². The quantitative estimate of drug-likeness (QED) is 0.631. The Kier molecular flexibility index (Phi) is 5.73. The summed E-state index contributed by atoms with van der Waals surface area (Å²) in [4.78, 5) is 26.2. The number of hydrogen-bond donors (Lipinski definition) is 3. The molecule has 0 spiro atoms. The zero-order valence-corrected chi connectivity index (χ0v) is 19.4. The van der Waals surface area contributed by atoms with Gasteiger partial charge in [0.05, 0.1) is 30.0 Å². The summed E-state index contributed by atoms with van der Waals surface area (Å²) in [5.74, 6) is -0.00565. The molecule has 3 aliphatic rings. The number of likely N-dealkylation sites (tertiary alicyclic amines) is 1. The van der Waals surface area contributed by atoms with Crippen molar-refractivity contribution in [3.8, 4) is 11.5 Å². The maximum atomic E-state index is 12.7. The van der Waals surface area contributed by atoms with Gasteiger partial charge in [-0.1, -0.05) is 12.1 Å². The molecule has 4 atom stereocenters. The number of nitrogens with one attached hydrogen (secondary N) is 1. The van der Waals surface area contributed by atoms with Crippen molar-refractivity contribution in [3.05, 3.63) is 53.6 Å². The van der Waals surface area contributed by atoms with Crippen molar-refractivity contribution >= 4 is 17.6 Å². The number of rotatable bonds is 4. The zero-order chi connectivity index (χ0) is 24.0. The van der Waals surface area contributed by atoms with Crippen molar-refractivity contribution < 1.29 is 29.3 Å². The smallest absolute Gasteiger partial charge is 0.337 e. The van der Waals surface area contributed by atoms with E-state index in [0.717, 1.165) is 31.5 Å². The first-order valence-electron chi connectivity index (χ1n) is 11.7. The second kappa shape index (κ2) is 8.60. The van der Waals surface area contributed by atoms with Crippen LogP contribution in [-0.4, -0.2) is 58.3 Å². The third-order valence-corrected chi connectivity index (χ3v) is 7.36. The van der Waals surface area contributed by atoms with E-state index in [2.05, 4.69) is 24.1 Å². The molecule has 5 rings (SSSR count). The first-order valence-corrected chi connectivity index (χ1v) is 11.7. The Morgan fingerprint density at radius 3 is 2.79 bits per heavy atom. The van der Waals surface area contributed by atoms with Crippen molar-refractivity contribution in [3.63, 3.8) is 0 Å². The predicted molar refractivity (Wildman–Crippen MR) is 125 cm³/mol. The highest BCUT2D eigenvalue weighted by atomic mass is 16.5. The number of aromatic carboxylic acids is 1. The fourth-order valence-electron chi connectivity index (χ4n) is 5.68. The number of hydrogen-bond acceptors (Lipinski definition) is 6.